The van der Waals surface area contributed by atoms with Gasteiger partial charge in [-0.3, -0.25) is 19.4 Å². The predicted octanol–water partition coefficient (Wildman–Crippen LogP) is 4.40. The van der Waals surface area contributed by atoms with Gasteiger partial charge in [0.05, 0.1) is 29.9 Å². The molecule has 2 heterocycles. The zero-order chi connectivity index (χ0) is 30.6. The Labute approximate surface area is 243 Å². The molecule has 2 aromatic rings. The lowest BCUT2D eigenvalue weighted by atomic mass is 10.1. The molecule has 42 heavy (non-hydrogen) atoms. The van der Waals surface area contributed by atoms with Crippen LogP contribution in [0.15, 0.2) is 30.3 Å². The van der Waals surface area contributed by atoms with Crippen molar-refractivity contribution in [2.24, 2.45) is 0 Å². The average Bonchev–Trinajstić information content (AvgIpc) is 3.33. The molecule has 15 heteroatoms. The SMILES string of the molecule is C[C@@H]1CN(c2cc(Cl)ccc2NC(=O)c2ccc(CNC(=O)CN3CCOC3=O)c(F)c2F)CCN1CCC(F)(F)F. The molecule has 0 spiro atoms. The van der Waals surface area contributed by atoms with E-state index >= 15 is 0 Å². The molecule has 0 aromatic heterocycles. The number of alkyl halides is 3. The molecule has 4 rings (SSSR count). The summed E-state index contributed by atoms with van der Waals surface area (Å²) in [7, 11) is 0. The Morgan fingerprint density at radius 3 is 2.52 bits per heavy atom. The van der Waals surface area contributed by atoms with Crippen LogP contribution in [0, 0.1) is 11.6 Å². The van der Waals surface area contributed by atoms with Crippen molar-refractivity contribution < 1.29 is 41.1 Å². The number of rotatable bonds is 9. The summed E-state index contributed by atoms with van der Waals surface area (Å²) in [5.74, 6) is -4.26. The molecule has 0 saturated carbocycles. The summed E-state index contributed by atoms with van der Waals surface area (Å²) in [5.41, 5.74) is -0.0308. The second kappa shape index (κ2) is 13.1. The second-order valence-corrected chi connectivity index (χ2v) is 10.5. The maximum atomic E-state index is 15.0. The highest BCUT2D eigenvalue weighted by Gasteiger charge is 2.32. The summed E-state index contributed by atoms with van der Waals surface area (Å²) < 4.78 is 72.6. The molecule has 0 aliphatic carbocycles. The number of nitrogens with zero attached hydrogens (tertiary/aromatic N) is 3. The third-order valence-corrected chi connectivity index (χ3v) is 7.29. The smallest absolute Gasteiger partial charge is 0.410 e. The largest absolute Gasteiger partial charge is 0.448 e. The molecular weight excluding hydrogens is 589 g/mol. The molecule has 2 aliphatic rings. The number of carbonyl (C=O) groups excluding carboxylic acids is 3. The maximum absolute atomic E-state index is 15.0. The molecule has 0 radical (unpaired) electrons. The number of amides is 3. The van der Waals surface area contributed by atoms with Crippen LogP contribution < -0.4 is 15.5 Å². The highest BCUT2D eigenvalue weighted by Crippen LogP contribution is 2.32. The summed E-state index contributed by atoms with van der Waals surface area (Å²) in [5, 5.41) is 5.33. The summed E-state index contributed by atoms with van der Waals surface area (Å²) >= 11 is 6.18. The second-order valence-electron chi connectivity index (χ2n) is 10.0. The average molecular weight is 618 g/mol. The molecule has 9 nitrogen and oxygen atoms in total. The number of hydrogen-bond acceptors (Lipinski definition) is 6. The van der Waals surface area contributed by atoms with Crippen LogP contribution in [0.5, 0.6) is 0 Å². The normalized spacial score (nSPS) is 17.8. The van der Waals surface area contributed by atoms with E-state index in [1.165, 1.54) is 23.1 Å². The van der Waals surface area contributed by atoms with Gasteiger partial charge in [-0.2, -0.15) is 13.2 Å². The minimum Gasteiger partial charge on any atom is -0.448 e. The molecule has 228 valence electrons. The Kier molecular flexibility index (Phi) is 9.77. The number of ether oxygens (including phenoxy) is 1. The maximum Gasteiger partial charge on any atom is 0.410 e. The lowest BCUT2D eigenvalue weighted by Crippen LogP contribution is -2.52. The number of benzene rings is 2. The van der Waals surface area contributed by atoms with Gasteiger partial charge in [-0.15, -0.1) is 0 Å². The Morgan fingerprint density at radius 2 is 1.86 bits per heavy atom. The highest BCUT2D eigenvalue weighted by molar-refractivity contribution is 6.31. The summed E-state index contributed by atoms with van der Waals surface area (Å²) in [6.07, 6.45) is -5.82. The number of halogens is 6. The van der Waals surface area contributed by atoms with E-state index in [1.54, 1.807) is 17.9 Å². The quantitative estimate of drug-likeness (QED) is 0.405. The first-order chi connectivity index (χ1) is 19.8. The van der Waals surface area contributed by atoms with Crippen LogP contribution in [0.4, 0.5) is 38.1 Å². The molecule has 2 aromatic carbocycles. The molecule has 0 unspecified atom stereocenters. The third kappa shape index (κ3) is 7.79. The molecule has 2 aliphatic heterocycles. The first kappa shape index (κ1) is 31.3. The number of nitrogens with one attached hydrogen (secondary N) is 2. The third-order valence-electron chi connectivity index (χ3n) is 7.06. The molecular formula is C27H29ClF5N5O4. The van der Waals surface area contributed by atoms with Crippen molar-refractivity contribution in [2.75, 3.05) is 56.1 Å². The van der Waals surface area contributed by atoms with Crippen LogP contribution in [0.3, 0.4) is 0 Å². The Balaban J connectivity index is 1.41. The van der Waals surface area contributed by atoms with E-state index in [-0.39, 0.29) is 50.1 Å². The molecule has 2 saturated heterocycles. The van der Waals surface area contributed by atoms with Gasteiger partial charge in [0.1, 0.15) is 13.2 Å². The van der Waals surface area contributed by atoms with Crippen molar-refractivity contribution in [3.05, 3.63) is 58.1 Å². The summed E-state index contributed by atoms with van der Waals surface area (Å²) in [6, 6.07) is 6.62. The van der Waals surface area contributed by atoms with Gasteiger partial charge in [0.2, 0.25) is 5.91 Å². The van der Waals surface area contributed by atoms with Gasteiger partial charge in [0.25, 0.3) is 5.91 Å². The number of anilines is 2. The van der Waals surface area contributed by atoms with Crippen LogP contribution in [-0.4, -0.2) is 85.8 Å². The fraction of sp³-hybridized carbons (Fsp3) is 0.444. The zero-order valence-corrected chi connectivity index (χ0v) is 23.3. The van der Waals surface area contributed by atoms with E-state index in [0.29, 0.717) is 30.3 Å². The van der Waals surface area contributed by atoms with Gasteiger partial charge in [-0.1, -0.05) is 17.7 Å². The van der Waals surface area contributed by atoms with Gasteiger partial charge in [-0.25, -0.2) is 13.6 Å². The highest BCUT2D eigenvalue weighted by atomic mass is 35.5. The monoisotopic (exact) mass is 617 g/mol. The minimum atomic E-state index is -4.26. The molecule has 1 atom stereocenters. The van der Waals surface area contributed by atoms with Crippen LogP contribution in [0.1, 0.15) is 29.3 Å². The topological polar surface area (TPSA) is 94.2 Å². The first-order valence-corrected chi connectivity index (χ1v) is 13.5. The van der Waals surface area contributed by atoms with Crippen LogP contribution in [-0.2, 0) is 16.1 Å². The predicted molar refractivity (Wildman–Crippen MR) is 144 cm³/mol. The minimum absolute atomic E-state index is 0.130. The Morgan fingerprint density at radius 1 is 1.10 bits per heavy atom. The van der Waals surface area contributed by atoms with Crippen LogP contribution in [0.2, 0.25) is 5.02 Å². The summed E-state index contributed by atoms with van der Waals surface area (Å²) in [6.45, 7) is 2.45. The standard InChI is InChI=1S/C27H29ClF5N5O4/c1-16-14-37(9-8-36(16)7-6-27(31,32)33)21-12-18(28)3-5-20(21)35-25(40)19-4-2-17(23(29)24(19)30)13-34-22(39)15-38-10-11-42-26(38)41/h2-5,12,16H,6-11,13-15H2,1H3,(H,34,39)(H,35,40)/t16-/m1/s1. The van der Waals surface area contributed by atoms with Gasteiger partial charge in [0, 0.05) is 49.4 Å². The molecule has 2 fully saturated rings. The van der Waals surface area contributed by atoms with Gasteiger partial charge in [-0.05, 0) is 31.2 Å². The fourth-order valence-electron chi connectivity index (χ4n) is 4.77. The molecule has 3 amide bonds. The Hall–Kier alpha value is -3.65. The van der Waals surface area contributed by atoms with E-state index in [1.807, 2.05) is 4.90 Å². The molecule has 2 N–H and O–H groups in total. The number of carbonyl (C=O) groups is 3. The fourth-order valence-corrected chi connectivity index (χ4v) is 4.94. The zero-order valence-electron chi connectivity index (χ0n) is 22.6. The van der Waals surface area contributed by atoms with Crippen LogP contribution >= 0.6 is 11.6 Å². The number of hydrogen-bond donors (Lipinski definition) is 2. The van der Waals surface area contributed by atoms with Crippen molar-refractivity contribution in [1.82, 2.24) is 15.1 Å². The van der Waals surface area contributed by atoms with E-state index in [2.05, 4.69) is 10.6 Å². The number of cyclic esters (lactones) is 1. The van der Waals surface area contributed by atoms with E-state index in [4.69, 9.17) is 16.3 Å². The Bertz CT molecular complexity index is 1340. The van der Waals surface area contributed by atoms with Gasteiger partial charge >= 0.3 is 12.3 Å². The van der Waals surface area contributed by atoms with Crippen LogP contribution in [0.25, 0.3) is 0 Å². The van der Waals surface area contributed by atoms with Crippen molar-refractivity contribution in [3.8, 4) is 0 Å². The van der Waals surface area contributed by atoms with Crippen molar-refractivity contribution in [2.45, 2.75) is 32.1 Å². The van der Waals surface area contributed by atoms with E-state index < -0.39 is 47.7 Å². The van der Waals surface area contributed by atoms with Gasteiger partial charge in [0.15, 0.2) is 11.6 Å². The lowest BCUT2D eigenvalue weighted by molar-refractivity contribution is -0.139. The van der Waals surface area contributed by atoms with Crippen molar-refractivity contribution >= 4 is 40.9 Å². The number of piperazine rings is 1. The van der Waals surface area contributed by atoms with Gasteiger partial charge < -0.3 is 20.3 Å². The van der Waals surface area contributed by atoms with E-state index in [0.717, 1.165) is 6.07 Å². The van der Waals surface area contributed by atoms with Crippen molar-refractivity contribution in [3.63, 3.8) is 0 Å². The molecule has 0 bridgehead atoms. The lowest BCUT2D eigenvalue weighted by Gasteiger charge is -2.41. The summed E-state index contributed by atoms with van der Waals surface area (Å²) in [4.78, 5) is 41.3. The van der Waals surface area contributed by atoms with Crippen molar-refractivity contribution in [1.29, 1.82) is 0 Å². The van der Waals surface area contributed by atoms with E-state index in [9.17, 15) is 36.3 Å². The first-order valence-electron chi connectivity index (χ1n) is 13.1.